The van der Waals surface area contributed by atoms with E-state index in [0.29, 0.717) is 21.3 Å². The summed E-state index contributed by atoms with van der Waals surface area (Å²) in [4.78, 5) is 3.91. The van der Waals surface area contributed by atoms with Gasteiger partial charge in [0.1, 0.15) is 11.9 Å². The molecule has 0 saturated carbocycles. The fraction of sp³-hybridized carbons (Fsp3) is 0.0833. The highest BCUT2D eigenvalue weighted by Gasteiger charge is 2.14. The number of halogens is 2. The molecule has 0 bridgehead atoms. The van der Waals surface area contributed by atoms with Crippen LogP contribution in [0.1, 0.15) is 17.2 Å². The first-order valence-corrected chi connectivity index (χ1v) is 5.71. The molecule has 17 heavy (non-hydrogen) atoms. The van der Waals surface area contributed by atoms with E-state index in [2.05, 4.69) is 20.9 Å². The monoisotopic (exact) mass is 296 g/mol. The quantitative estimate of drug-likeness (QED) is 0.896. The first kappa shape index (κ1) is 12.0. The Morgan fingerprint density at radius 1 is 1.35 bits per heavy atom. The van der Waals surface area contributed by atoms with Crippen LogP contribution >= 0.6 is 15.9 Å². The van der Waals surface area contributed by atoms with Gasteiger partial charge in [-0.25, -0.2) is 4.39 Å². The van der Waals surface area contributed by atoms with E-state index in [9.17, 15) is 9.50 Å². The molecule has 5 heteroatoms. The number of nitrogen functional groups attached to an aromatic ring is 1. The molecule has 1 aromatic carbocycles. The standard InChI is InChI=1S/C12H10BrFN2O/c13-9-5-7(1-2-10(9)14)12(17)8-6-16-4-3-11(8)15/h1-6,12,17H,(H2,15,16). The van der Waals surface area contributed by atoms with Gasteiger partial charge in [-0.3, -0.25) is 4.98 Å². The van der Waals surface area contributed by atoms with Gasteiger partial charge >= 0.3 is 0 Å². The summed E-state index contributed by atoms with van der Waals surface area (Å²) in [6.45, 7) is 0. The Morgan fingerprint density at radius 2 is 2.12 bits per heavy atom. The molecule has 88 valence electrons. The van der Waals surface area contributed by atoms with Crippen LogP contribution in [-0.4, -0.2) is 10.1 Å². The van der Waals surface area contributed by atoms with Crippen LogP contribution < -0.4 is 5.73 Å². The molecule has 0 spiro atoms. The summed E-state index contributed by atoms with van der Waals surface area (Å²) < 4.78 is 13.4. The van der Waals surface area contributed by atoms with Crippen LogP contribution in [-0.2, 0) is 0 Å². The number of hydrogen-bond donors (Lipinski definition) is 2. The van der Waals surface area contributed by atoms with Crippen LogP contribution in [0.3, 0.4) is 0 Å². The molecule has 1 unspecified atom stereocenters. The van der Waals surface area contributed by atoms with Crippen molar-refractivity contribution in [3.8, 4) is 0 Å². The molecule has 0 amide bonds. The number of nitrogens with two attached hydrogens (primary N) is 1. The molecule has 0 aliphatic rings. The zero-order chi connectivity index (χ0) is 12.4. The van der Waals surface area contributed by atoms with Gasteiger partial charge < -0.3 is 10.8 Å². The molecule has 0 radical (unpaired) electrons. The van der Waals surface area contributed by atoms with Crippen LogP contribution in [0.2, 0.25) is 0 Å². The number of aromatic nitrogens is 1. The van der Waals surface area contributed by atoms with Gasteiger partial charge in [-0.15, -0.1) is 0 Å². The number of anilines is 1. The lowest BCUT2D eigenvalue weighted by Gasteiger charge is -2.13. The lowest BCUT2D eigenvalue weighted by molar-refractivity contribution is 0.220. The lowest BCUT2D eigenvalue weighted by Crippen LogP contribution is -2.04. The number of pyridine rings is 1. The Kier molecular flexibility index (Phi) is 3.40. The zero-order valence-corrected chi connectivity index (χ0v) is 10.4. The highest BCUT2D eigenvalue weighted by atomic mass is 79.9. The van der Waals surface area contributed by atoms with Gasteiger partial charge in [-0.1, -0.05) is 6.07 Å². The van der Waals surface area contributed by atoms with E-state index in [1.165, 1.54) is 24.4 Å². The Labute approximate surface area is 106 Å². The van der Waals surface area contributed by atoms with Gasteiger partial charge in [0.15, 0.2) is 0 Å². The van der Waals surface area contributed by atoms with E-state index in [1.807, 2.05) is 0 Å². The summed E-state index contributed by atoms with van der Waals surface area (Å²) >= 11 is 3.07. The third-order valence-electron chi connectivity index (χ3n) is 2.44. The predicted octanol–water partition coefficient (Wildman–Crippen LogP) is 2.65. The molecule has 3 N–H and O–H groups in total. The first-order valence-electron chi connectivity index (χ1n) is 4.92. The molecule has 1 atom stereocenters. The van der Waals surface area contributed by atoms with Gasteiger partial charge in [0.25, 0.3) is 0 Å². The maximum Gasteiger partial charge on any atom is 0.137 e. The summed E-state index contributed by atoms with van der Waals surface area (Å²) in [5, 5.41) is 10.1. The van der Waals surface area contributed by atoms with Crippen molar-refractivity contribution in [1.29, 1.82) is 0 Å². The second-order valence-corrected chi connectivity index (χ2v) is 4.44. The Bertz CT molecular complexity index is 548. The van der Waals surface area contributed by atoms with E-state index in [4.69, 9.17) is 5.73 Å². The Morgan fingerprint density at radius 3 is 2.76 bits per heavy atom. The van der Waals surface area contributed by atoms with E-state index >= 15 is 0 Å². The van der Waals surface area contributed by atoms with Crippen LogP contribution in [0, 0.1) is 5.82 Å². The minimum absolute atomic E-state index is 0.302. The summed E-state index contributed by atoms with van der Waals surface area (Å²) in [6.07, 6.45) is 2.13. The maximum atomic E-state index is 13.1. The van der Waals surface area contributed by atoms with Gasteiger partial charge in [-0.2, -0.15) is 0 Å². The predicted molar refractivity (Wildman–Crippen MR) is 66.8 cm³/mol. The average Bonchev–Trinajstić information content (AvgIpc) is 2.32. The molecule has 0 aliphatic carbocycles. The number of aliphatic hydroxyl groups excluding tert-OH is 1. The van der Waals surface area contributed by atoms with Crippen LogP contribution in [0.15, 0.2) is 41.1 Å². The molecule has 2 rings (SSSR count). The smallest absolute Gasteiger partial charge is 0.137 e. The van der Waals surface area contributed by atoms with E-state index in [0.717, 1.165) is 0 Å². The number of benzene rings is 1. The Hall–Kier alpha value is -1.46. The normalized spacial score (nSPS) is 12.4. The molecule has 0 saturated heterocycles. The van der Waals surface area contributed by atoms with Crippen molar-refractivity contribution in [3.63, 3.8) is 0 Å². The number of nitrogens with zero attached hydrogens (tertiary/aromatic N) is 1. The molecule has 2 aromatic rings. The number of hydrogen-bond acceptors (Lipinski definition) is 3. The number of rotatable bonds is 2. The van der Waals surface area contributed by atoms with Gasteiger partial charge in [0.2, 0.25) is 0 Å². The third-order valence-corrected chi connectivity index (χ3v) is 3.05. The van der Waals surface area contributed by atoms with Gasteiger partial charge in [-0.05, 0) is 39.7 Å². The second kappa shape index (κ2) is 4.81. The molecule has 1 heterocycles. The van der Waals surface area contributed by atoms with E-state index in [1.54, 1.807) is 12.3 Å². The van der Waals surface area contributed by atoms with E-state index < -0.39 is 6.10 Å². The molecular weight excluding hydrogens is 287 g/mol. The lowest BCUT2D eigenvalue weighted by atomic mass is 10.0. The SMILES string of the molecule is Nc1ccncc1C(O)c1ccc(F)c(Br)c1. The van der Waals surface area contributed by atoms with Gasteiger partial charge in [0, 0.05) is 23.6 Å². The molecule has 0 fully saturated rings. The summed E-state index contributed by atoms with van der Waals surface area (Å²) in [7, 11) is 0. The van der Waals surface area contributed by atoms with Crippen molar-refractivity contribution in [3.05, 3.63) is 58.1 Å². The largest absolute Gasteiger partial charge is 0.398 e. The zero-order valence-electron chi connectivity index (χ0n) is 8.77. The second-order valence-electron chi connectivity index (χ2n) is 3.58. The highest BCUT2D eigenvalue weighted by molar-refractivity contribution is 9.10. The van der Waals surface area contributed by atoms with Crippen molar-refractivity contribution in [2.45, 2.75) is 6.10 Å². The molecule has 0 aliphatic heterocycles. The maximum absolute atomic E-state index is 13.1. The van der Waals surface area contributed by atoms with Crippen molar-refractivity contribution in [2.24, 2.45) is 0 Å². The fourth-order valence-corrected chi connectivity index (χ4v) is 1.90. The molecule has 1 aromatic heterocycles. The minimum Gasteiger partial charge on any atom is -0.398 e. The van der Waals surface area contributed by atoms with Crippen molar-refractivity contribution in [2.75, 3.05) is 5.73 Å². The van der Waals surface area contributed by atoms with Crippen molar-refractivity contribution >= 4 is 21.6 Å². The number of aliphatic hydroxyl groups is 1. The van der Waals surface area contributed by atoms with Gasteiger partial charge in [0.05, 0.1) is 4.47 Å². The van der Waals surface area contributed by atoms with E-state index in [-0.39, 0.29) is 5.82 Å². The van der Waals surface area contributed by atoms with Crippen LogP contribution in [0.4, 0.5) is 10.1 Å². The average molecular weight is 297 g/mol. The third kappa shape index (κ3) is 2.45. The van der Waals surface area contributed by atoms with Crippen molar-refractivity contribution < 1.29 is 9.50 Å². The Balaban J connectivity index is 2.40. The van der Waals surface area contributed by atoms with Crippen LogP contribution in [0.25, 0.3) is 0 Å². The molecular formula is C12H10BrFN2O. The fourth-order valence-electron chi connectivity index (χ4n) is 1.51. The first-order chi connectivity index (χ1) is 8.09. The summed E-state index contributed by atoms with van der Waals surface area (Å²) in [5.74, 6) is -0.375. The highest BCUT2D eigenvalue weighted by Crippen LogP contribution is 2.28. The topological polar surface area (TPSA) is 59.1 Å². The summed E-state index contributed by atoms with van der Waals surface area (Å²) in [5.41, 5.74) is 7.25. The minimum atomic E-state index is -0.916. The molecule has 3 nitrogen and oxygen atoms in total. The van der Waals surface area contributed by atoms with Crippen molar-refractivity contribution in [1.82, 2.24) is 4.98 Å². The van der Waals surface area contributed by atoms with Crippen LogP contribution in [0.5, 0.6) is 0 Å². The summed E-state index contributed by atoms with van der Waals surface area (Å²) in [6, 6.07) is 5.93.